The Bertz CT molecular complexity index is 250. The molecule has 0 aliphatic heterocycles. The molecule has 16 heavy (non-hydrogen) atoms. The summed E-state index contributed by atoms with van der Waals surface area (Å²) in [5.41, 5.74) is 0.295. The number of ether oxygens (including phenoxy) is 1. The molecule has 0 rings (SSSR count). The van der Waals surface area contributed by atoms with Crippen LogP contribution in [0.1, 0.15) is 13.8 Å². The summed E-state index contributed by atoms with van der Waals surface area (Å²) in [7, 11) is 0. The lowest BCUT2D eigenvalue weighted by atomic mass is 10.0. The Kier molecular flexibility index (Phi) is 5.50. The van der Waals surface area contributed by atoms with Crippen molar-refractivity contribution in [2.24, 2.45) is 5.92 Å². The number of carboxylic acids is 1. The molecule has 0 aliphatic carbocycles. The minimum Gasteiger partial charge on any atom is -0.481 e. The summed E-state index contributed by atoms with van der Waals surface area (Å²) in [5, 5.41) is 8.68. The molecule has 1 unspecified atom stereocenters. The van der Waals surface area contributed by atoms with Crippen molar-refractivity contribution >= 4 is 5.97 Å². The van der Waals surface area contributed by atoms with Crippen molar-refractivity contribution in [2.45, 2.75) is 25.9 Å². The van der Waals surface area contributed by atoms with E-state index in [4.69, 9.17) is 5.11 Å². The fraction of sp³-hybridized carbons (Fsp3) is 0.700. The van der Waals surface area contributed by atoms with Crippen LogP contribution in [0.3, 0.4) is 0 Å². The van der Waals surface area contributed by atoms with E-state index in [0.717, 1.165) is 6.92 Å². The van der Waals surface area contributed by atoms with Crippen LogP contribution in [0.25, 0.3) is 0 Å². The van der Waals surface area contributed by atoms with Gasteiger partial charge in [-0.25, -0.2) is 13.2 Å². The van der Waals surface area contributed by atoms with Gasteiger partial charge in [0.2, 0.25) is 0 Å². The number of alkyl halides is 3. The van der Waals surface area contributed by atoms with Crippen molar-refractivity contribution in [1.29, 1.82) is 0 Å². The topological polar surface area (TPSA) is 46.5 Å². The van der Waals surface area contributed by atoms with E-state index in [2.05, 4.69) is 11.3 Å². The maximum atomic E-state index is 12.7. The van der Waals surface area contributed by atoms with E-state index in [9.17, 15) is 18.0 Å². The Hall–Kier alpha value is -1.04. The Morgan fingerprint density at radius 1 is 1.56 bits per heavy atom. The first-order chi connectivity index (χ1) is 7.18. The van der Waals surface area contributed by atoms with Gasteiger partial charge < -0.3 is 9.84 Å². The summed E-state index contributed by atoms with van der Waals surface area (Å²) in [5.74, 6) is -5.85. The van der Waals surface area contributed by atoms with Crippen LogP contribution in [0, 0.1) is 5.92 Å². The van der Waals surface area contributed by atoms with Crippen molar-refractivity contribution in [3.63, 3.8) is 0 Å². The minimum atomic E-state index is -3.60. The van der Waals surface area contributed by atoms with Crippen LogP contribution >= 0.6 is 0 Å². The molecule has 0 aromatic carbocycles. The molecule has 1 N–H and O–H groups in total. The van der Waals surface area contributed by atoms with Crippen LogP contribution < -0.4 is 0 Å². The Morgan fingerprint density at radius 3 is 2.38 bits per heavy atom. The largest absolute Gasteiger partial charge is 0.481 e. The summed E-state index contributed by atoms with van der Waals surface area (Å²) >= 11 is 0. The second-order valence-corrected chi connectivity index (χ2v) is 3.63. The predicted molar refractivity (Wildman–Crippen MR) is 52.3 cm³/mol. The van der Waals surface area contributed by atoms with E-state index in [1.54, 1.807) is 0 Å². The van der Waals surface area contributed by atoms with E-state index in [-0.39, 0.29) is 0 Å². The average molecular weight is 240 g/mol. The lowest BCUT2D eigenvalue weighted by molar-refractivity contribution is -0.147. The highest BCUT2D eigenvalue weighted by Gasteiger charge is 2.37. The predicted octanol–water partition coefficient (Wildman–Crippen LogP) is 2.27. The van der Waals surface area contributed by atoms with Crippen LogP contribution in [-0.4, -0.2) is 36.4 Å². The quantitative estimate of drug-likeness (QED) is 0.694. The third-order valence-electron chi connectivity index (χ3n) is 2.05. The first-order valence-corrected chi connectivity index (χ1v) is 4.66. The van der Waals surface area contributed by atoms with Gasteiger partial charge in [0, 0.05) is 0 Å². The van der Waals surface area contributed by atoms with E-state index < -0.39 is 37.2 Å². The van der Waals surface area contributed by atoms with Gasteiger partial charge in [-0.05, 0) is 13.8 Å². The van der Waals surface area contributed by atoms with Crippen molar-refractivity contribution in [2.75, 3.05) is 13.2 Å². The standard InChI is InChI=1S/C10H15F3O3/c1-6(2)8(9(14)15)4-16-5-10(12,13)7(3)11/h7-8H,1,4-5H2,2-3H3,(H,14,15)/t7?,8-/m1/s1. The summed E-state index contributed by atoms with van der Waals surface area (Å²) in [6.45, 7) is 4.01. The van der Waals surface area contributed by atoms with Crippen LogP contribution in [-0.2, 0) is 9.53 Å². The molecule has 0 bridgehead atoms. The molecule has 0 radical (unpaired) electrons. The fourth-order valence-electron chi connectivity index (χ4n) is 0.852. The van der Waals surface area contributed by atoms with E-state index >= 15 is 0 Å². The lowest BCUT2D eigenvalue weighted by Crippen LogP contribution is -2.34. The highest BCUT2D eigenvalue weighted by atomic mass is 19.3. The van der Waals surface area contributed by atoms with E-state index in [1.807, 2.05) is 0 Å². The number of hydrogen-bond acceptors (Lipinski definition) is 2. The number of aliphatic carboxylic acids is 1. The summed E-state index contributed by atoms with van der Waals surface area (Å²) in [6.07, 6.45) is -2.33. The minimum absolute atomic E-state index is 0.295. The molecule has 0 amide bonds. The Balaban J connectivity index is 4.15. The maximum absolute atomic E-state index is 12.7. The molecule has 2 atom stereocenters. The molecule has 6 heteroatoms. The molecule has 3 nitrogen and oxygen atoms in total. The fourth-order valence-corrected chi connectivity index (χ4v) is 0.852. The average Bonchev–Trinajstić information content (AvgIpc) is 2.10. The number of carbonyl (C=O) groups is 1. The van der Waals surface area contributed by atoms with Crippen molar-refractivity contribution in [1.82, 2.24) is 0 Å². The summed E-state index contributed by atoms with van der Waals surface area (Å²) in [6, 6.07) is 0. The zero-order valence-electron chi connectivity index (χ0n) is 9.17. The molecule has 94 valence electrons. The molecular weight excluding hydrogens is 225 g/mol. The Labute approximate surface area is 91.9 Å². The summed E-state index contributed by atoms with van der Waals surface area (Å²) < 4.78 is 42.3. The Morgan fingerprint density at radius 2 is 2.06 bits per heavy atom. The van der Waals surface area contributed by atoms with Gasteiger partial charge in [-0.2, -0.15) is 0 Å². The molecular formula is C10H15F3O3. The molecule has 0 saturated carbocycles. The van der Waals surface area contributed by atoms with Gasteiger partial charge in [0.05, 0.1) is 6.61 Å². The summed E-state index contributed by atoms with van der Waals surface area (Å²) in [4.78, 5) is 10.6. The van der Waals surface area contributed by atoms with Crippen LogP contribution in [0.4, 0.5) is 13.2 Å². The van der Waals surface area contributed by atoms with Crippen molar-refractivity contribution in [3.8, 4) is 0 Å². The molecule has 0 fully saturated rings. The molecule has 0 aromatic heterocycles. The van der Waals surface area contributed by atoms with Gasteiger partial charge in [0.15, 0.2) is 6.17 Å². The van der Waals surface area contributed by atoms with Gasteiger partial charge in [0.25, 0.3) is 0 Å². The molecule has 0 aromatic rings. The van der Waals surface area contributed by atoms with Gasteiger partial charge in [-0.3, -0.25) is 4.79 Å². The van der Waals surface area contributed by atoms with Crippen molar-refractivity contribution < 1.29 is 27.8 Å². The van der Waals surface area contributed by atoms with Crippen LogP contribution in [0.2, 0.25) is 0 Å². The van der Waals surface area contributed by atoms with Gasteiger partial charge >= 0.3 is 11.9 Å². The SMILES string of the molecule is C=C(C)[C@@H](COCC(F)(F)C(C)F)C(=O)O. The van der Waals surface area contributed by atoms with Gasteiger partial charge in [-0.15, -0.1) is 0 Å². The monoisotopic (exact) mass is 240 g/mol. The number of halogens is 3. The lowest BCUT2D eigenvalue weighted by Gasteiger charge is -2.19. The van der Waals surface area contributed by atoms with Crippen LogP contribution in [0.15, 0.2) is 12.2 Å². The van der Waals surface area contributed by atoms with Crippen LogP contribution in [0.5, 0.6) is 0 Å². The smallest absolute Gasteiger partial charge is 0.312 e. The van der Waals surface area contributed by atoms with E-state index in [1.165, 1.54) is 6.92 Å². The highest BCUT2D eigenvalue weighted by molar-refractivity contribution is 5.73. The second kappa shape index (κ2) is 5.89. The third kappa shape index (κ3) is 4.65. The van der Waals surface area contributed by atoms with Gasteiger partial charge in [0.1, 0.15) is 12.5 Å². The molecule has 0 heterocycles. The number of hydrogen-bond donors (Lipinski definition) is 1. The maximum Gasteiger partial charge on any atom is 0.312 e. The molecule has 0 aliphatic rings. The second-order valence-electron chi connectivity index (χ2n) is 3.63. The zero-order valence-corrected chi connectivity index (χ0v) is 9.17. The number of carboxylic acid groups (broad SMARTS) is 1. The van der Waals surface area contributed by atoms with E-state index in [0.29, 0.717) is 5.57 Å². The first kappa shape index (κ1) is 15.0. The number of rotatable bonds is 7. The zero-order chi connectivity index (χ0) is 12.9. The van der Waals surface area contributed by atoms with Crippen molar-refractivity contribution in [3.05, 3.63) is 12.2 Å². The highest BCUT2D eigenvalue weighted by Crippen LogP contribution is 2.22. The molecule has 0 saturated heterocycles. The third-order valence-corrected chi connectivity index (χ3v) is 2.05. The van der Waals surface area contributed by atoms with Gasteiger partial charge in [-0.1, -0.05) is 12.2 Å². The molecule has 0 spiro atoms. The normalized spacial score (nSPS) is 15.6. The first-order valence-electron chi connectivity index (χ1n) is 4.66.